The van der Waals surface area contributed by atoms with Gasteiger partial charge in [-0.25, -0.2) is 0 Å². The van der Waals surface area contributed by atoms with Gasteiger partial charge in [-0.05, 0) is 37.6 Å². The molecule has 2 N–H and O–H groups in total. The number of nitrogens with one attached hydrogen (secondary N) is 2. The third kappa shape index (κ3) is 6.49. The SMILES string of the molecule is CCCCOc1c(Cl)cc(C(=O)NCC(=O)NCc2ccco2)cc1OCC. The van der Waals surface area contributed by atoms with Gasteiger partial charge in [-0.3, -0.25) is 9.59 Å². The molecule has 1 heterocycles. The number of furan rings is 1. The largest absolute Gasteiger partial charge is 0.490 e. The third-order valence-electron chi connectivity index (χ3n) is 3.77. The van der Waals surface area contributed by atoms with Crippen LogP contribution in [0.3, 0.4) is 0 Å². The van der Waals surface area contributed by atoms with Crippen molar-refractivity contribution in [3.63, 3.8) is 0 Å². The first-order valence-electron chi connectivity index (χ1n) is 9.21. The molecule has 0 spiro atoms. The van der Waals surface area contributed by atoms with Crippen LogP contribution in [-0.4, -0.2) is 31.6 Å². The van der Waals surface area contributed by atoms with Crippen molar-refractivity contribution in [3.05, 3.63) is 46.9 Å². The molecule has 2 amide bonds. The number of carbonyl (C=O) groups excluding carboxylic acids is 2. The second-order valence-corrected chi connectivity index (χ2v) is 6.37. The number of benzene rings is 1. The Balaban J connectivity index is 1.96. The van der Waals surface area contributed by atoms with Crippen LogP contribution >= 0.6 is 11.6 Å². The predicted octanol–water partition coefficient (Wildman–Crippen LogP) is 3.56. The molecule has 8 heteroatoms. The average Bonchev–Trinajstić information content (AvgIpc) is 3.20. The monoisotopic (exact) mass is 408 g/mol. The Bertz CT molecular complexity index is 777. The Labute approximate surface area is 169 Å². The number of rotatable bonds is 11. The summed E-state index contributed by atoms with van der Waals surface area (Å²) in [7, 11) is 0. The fourth-order valence-electron chi connectivity index (χ4n) is 2.34. The summed E-state index contributed by atoms with van der Waals surface area (Å²) in [6, 6.07) is 6.55. The number of unbranched alkanes of at least 4 members (excludes halogenated alkanes) is 1. The van der Waals surface area contributed by atoms with Crippen LogP contribution in [0.4, 0.5) is 0 Å². The molecular formula is C20H25ClN2O5. The van der Waals surface area contributed by atoms with Gasteiger partial charge in [0.15, 0.2) is 11.5 Å². The van der Waals surface area contributed by atoms with Crippen LogP contribution in [0.2, 0.25) is 5.02 Å². The normalized spacial score (nSPS) is 10.4. The number of amides is 2. The van der Waals surface area contributed by atoms with E-state index in [-0.39, 0.29) is 29.6 Å². The summed E-state index contributed by atoms with van der Waals surface area (Å²) in [5, 5.41) is 5.50. The lowest BCUT2D eigenvalue weighted by atomic mass is 10.2. The van der Waals surface area contributed by atoms with E-state index < -0.39 is 5.91 Å². The minimum atomic E-state index is -0.434. The number of hydrogen-bond acceptors (Lipinski definition) is 5. The van der Waals surface area contributed by atoms with Gasteiger partial charge in [0.1, 0.15) is 5.76 Å². The summed E-state index contributed by atoms with van der Waals surface area (Å²) in [5.41, 5.74) is 0.287. The molecular weight excluding hydrogens is 384 g/mol. The van der Waals surface area contributed by atoms with Crippen molar-refractivity contribution >= 4 is 23.4 Å². The van der Waals surface area contributed by atoms with Crippen molar-refractivity contribution in [1.82, 2.24) is 10.6 Å². The van der Waals surface area contributed by atoms with Crippen LogP contribution in [-0.2, 0) is 11.3 Å². The maximum absolute atomic E-state index is 12.4. The zero-order valence-electron chi connectivity index (χ0n) is 16.0. The van der Waals surface area contributed by atoms with Gasteiger partial charge in [0.2, 0.25) is 5.91 Å². The van der Waals surface area contributed by atoms with Crippen molar-refractivity contribution in [2.45, 2.75) is 33.2 Å². The zero-order chi connectivity index (χ0) is 20.4. The van der Waals surface area contributed by atoms with Gasteiger partial charge in [-0.15, -0.1) is 0 Å². The van der Waals surface area contributed by atoms with Crippen LogP contribution in [0.25, 0.3) is 0 Å². The molecule has 0 bridgehead atoms. The van der Waals surface area contributed by atoms with E-state index in [1.165, 1.54) is 12.3 Å². The maximum atomic E-state index is 12.4. The molecule has 152 valence electrons. The van der Waals surface area contributed by atoms with Crippen molar-refractivity contribution in [1.29, 1.82) is 0 Å². The summed E-state index contributed by atoms with van der Waals surface area (Å²) in [5.74, 6) is 0.686. The molecule has 0 aliphatic rings. The summed E-state index contributed by atoms with van der Waals surface area (Å²) >= 11 is 6.29. The van der Waals surface area contributed by atoms with E-state index in [0.29, 0.717) is 30.5 Å². The van der Waals surface area contributed by atoms with E-state index in [9.17, 15) is 9.59 Å². The maximum Gasteiger partial charge on any atom is 0.251 e. The fraction of sp³-hybridized carbons (Fsp3) is 0.400. The molecule has 0 saturated carbocycles. The molecule has 0 atom stereocenters. The molecule has 0 saturated heterocycles. The topological polar surface area (TPSA) is 89.8 Å². The average molecular weight is 409 g/mol. The standard InChI is InChI=1S/C20H25ClN2O5/c1-3-5-8-28-19-16(21)10-14(11-17(19)26-4-2)20(25)23-13-18(24)22-12-15-7-6-9-27-15/h6-7,9-11H,3-5,8,12-13H2,1-2H3,(H,22,24)(H,23,25). The molecule has 1 aromatic carbocycles. The van der Waals surface area contributed by atoms with E-state index in [1.54, 1.807) is 18.2 Å². The molecule has 0 unspecified atom stereocenters. The lowest BCUT2D eigenvalue weighted by Crippen LogP contribution is -2.36. The van der Waals surface area contributed by atoms with E-state index >= 15 is 0 Å². The predicted molar refractivity (Wildman–Crippen MR) is 106 cm³/mol. The van der Waals surface area contributed by atoms with Crippen molar-refractivity contribution in [2.75, 3.05) is 19.8 Å². The highest BCUT2D eigenvalue weighted by atomic mass is 35.5. The van der Waals surface area contributed by atoms with Crippen LogP contribution in [0.15, 0.2) is 34.9 Å². The van der Waals surface area contributed by atoms with Crippen molar-refractivity contribution < 1.29 is 23.5 Å². The first kappa shape index (κ1) is 21.6. The first-order chi connectivity index (χ1) is 13.5. The fourth-order valence-corrected chi connectivity index (χ4v) is 2.61. The second-order valence-electron chi connectivity index (χ2n) is 5.96. The first-order valence-corrected chi connectivity index (χ1v) is 9.59. The van der Waals surface area contributed by atoms with Gasteiger partial charge in [0, 0.05) is 5.56 Å². The summed E-state index contributed by atoms with van der Waals surface area (Å²) in [6.07, 6.45) is 3.40. The third-order valence-corrected chi connectivity index (χ3v) is 4.05. The van der Waals surface area contributed by atoms with E-state index in [1.807, 2.05) is 6.92 Å². The van der Waals surface area contributed by atoms with Crippen LogP contribution in [0.5, 0.6) is 11.5 Å². The zero-order valence-corrected chi connectivity index (χ0v) is 16.8. The van der Waals surface area contributed by atoms with Gasteiger partial charge >= 0.3 is 0 Å². The van der Waals surface area contributed by atoms with E-state index in [0.717, 1.165) is 12.8 Å². The Morgan fingerprint density at radius 1 is 1.18 bits per heavy atom. The molecule has 0 radical (unpaired) electrons. The lowest BCUT2D eigenvalue weighted by Gasteiger charge is -2.15. The molecule has 2 aromatic rings. The van der Waals surface area contributed by atoms with Crippen molar-refractivity contribution in [2.24, 2.45) is 0 Å². The van der Waals surface area contributed by atoms with Crippen molar-refractivity contribution in [3.8, 4) is 11.5 Å². The molecule has 1 aromatic heterocycles. The molecule has 0 aliphatic carbocycles. The van der Waals surface area contributed by atoms with Crippen LogP contribution < -0.4 is 20.1 Å². The van der Waals surface area contributed by atoms with Gasteiger partial charge in [0.25, 0.3) is 5.91 Å². The summed E-state index contributed by atoms with van der Waals surface area (Å²) in [6.45, 7) is 4.90. The quantitative estimate of drug-likeness (QED) is 0.555. The highest BCUT2D eigenvalue weighted by molar-refractivity contribution is 6.32. The van der Waals surface area contributed by atoms with Gasteiger partial charge in [0.05, 0.1) is 37.6 Å². The Hall–Kier alpha value is -2.67. The van der Waals surface area contributed by atoms with Gasteiger partial charge < -0.3 is 24.5 Å². The van der Waals surface area contributed by atoms with Gasteiger partial charge in [-0.2, -0.15) is 0 Å². The lowest BCUT2D eigenvalue weighted by molar-refractivity contribution is -0.120. The minimum Gasteiger partial charge on any atom is -0.490 e. The second kappa shape index (κ2) is 11.2. The summed E-state index contributed by atoms with van der Waals surface area (Å²) < 4.78 is 16.4. The Morgan fingerprint density at radius 3 is 2.68 bits per heavy atom. The molecule has 2 rings (SSSR count). The number of halogens is 1. The smallest absolute Gasteiger partial charge is 0.251 e. The van der Waals surface area contributed by atoms with Gasteiger partial charge in [-0.1, -0.05) is 24.9 Å². The highest BCUT2D eigenvalue weighted by Gasteiger charge is 2.17. The van der Waals surface area contributed by atoms with E-state index in [4.69, 9.17) is 25.5 Å². The van der Waals surface area contributed by atoms with Crippen LogP contribution in [0.1, 0.15) is 42.8 Å². The molecule has 0 aliphatic heterocycles. The minimum absolute atomic E-state index is 0.171. The number of carbonyl (C=O) groups is 2. The summed E-state index contributed by atoms with van der Waals surface area (Å²) in [4.78, 5) is 24.3. The van der Waals surface area contributed by atoms with E-state index in [2.05, 4.69) is 17.6 Å². The Morgan fingerprint density at radius 2 is 2.00 bits per heavy atom. The Kier molecular flexibility index (Phi) is 8.68. The molecule has 0 fully saturated rings. The highest BCUT2D eigenvalue weighted by Crippen LogP contribution is 2.36. The van der Waals surface area contributed by atoms with Crippen LogP contribution in [0, 0.1) is 0 Å². The number of hydrogen-bond donors (Lipinski definition) is 2. The number of ether oxygens (including phenoxy) is 2. The molecule has 7 nitrogen and oxygen atoms in total. The molecule has 28 heavy (non-hydrogen) atoms.